The quantitative estimate of drug-likeness (QED) is 0.434. The molecule has 3 rings (SSSR count). The maximum Gasteiger partial charge on any atom is 0.278 e. The number of hydrazone groups is 1. The van der Waals surface area contributed by atoms with Crippen LogP contribution in [0.5, 0.6) is 11.5 Å². The number of ether oxygens (including phenoxy) is 2. The van der Waals surface area contributed by atoms with Crippen LogP contribution in [-0.2, 0) is 9.59 Å². The number of carbonyl (C=O) groups excluding carboxylic acids is 2. The second kappa shape index (κ2) is 8.62. The Morgan fingerprint density at radius 1 is 1.18 bits per heavy atom. The zero-order chi connectivity index (χ0) is 19.9. The molecule has 0 saturated carbocycles. The van der Waals surface area contributed by atoms with Gasteiger partial charge in [0, 0.05) is 6.07 Å². The highest BCUT2D eigenvalue weighted by Crippen LogP contribution is 2.30. The molecule has 2 aromatic rings. The molecular formula is C18H16N4O6. The van der Waals surface area contributed by atoms with Crippen molar-refractivity contribution in [2.45, 2.75) is 6.10 Å². The fraction of sp³-hybridized carbons (Fsp3) is 0.167. The van der Waals surface area contributed by atoms with Gasteiger partial charge in [0.25, 0.3) is 17.5 Å². The number of hydrogen-bond donors (Lipinski definition) is 2. The molecule has 10 nitrogen and oxygen atoms in total. The second-order valence-electron chi connectivity index (χ2n) is 5.69. The third kappa shape index (κ3) is 4.61. The number of hydrogen-bond acceptors (Lipinski definition) is 7. The highest BCUT2D eigenvalue weighted by atomic mass is 16.6. The molecule has 1 unspecified atom stereocenters. The van der Waals surface area contributed by atoms with E-state index in [4.69, 9.17) is 9.47 Å². The number of nitrogens with zero attached hydrogens (tertiary/aromatic N) is 2. The van der Waals surface area contributed by atoms with E-state index in [1.807, 2.05) is 0 Å². The number of nitro benzene ring substituents is 1. The van der Waals surface area contributed by atoms with Crippen LogP contribution in [0.4, 0.5) is 5.69 Å². The first-order chi connectivity index (χ1) is 13.5. The number of carbonyl (C=O) groups is 2. The van der Waals surface area contributed by atoms with Crippen molar-refractivity contribution in [2.24, 2.45) is 5.10 Å². The lowest BCUT2D eigenvalue weighted by molar-refractivity contribution is -0.385. The van der Waals surface area contributed by atoms with E-state index < -0.39 is 22.8 Å². The van der Waals surface area contributed by atoms with E-state index in [1.165, 1.54) is 18.2 Å². The molecule has 144 valence electrons. The van der Waals surface area contributed by atoms with Crippen LogP contribution in [-0.4, -0.2) is 42.2 Å². The van der Waals surface area contributed by atoms with E-state index in [-0.39, 0.29) is 24.4 Å². The van der Waals surface area contributed by atoms with Gasteiger partial charge in [-0.05, 0) is 18.2 Å². The normalized spacial score (nSPS) is 15.1. The summed E-state index contributed by atoms with van der Waals surface area (Å²) in [5, 5.41) is 17.0. The van der Waals surface area contributed by atoms with E-state index in [0.717, 1.165) is 6.21 Å². The van der Waals surface area contributed by atoms with Gasteiger partial charge in [0.15, 0.2) is 11.5 Å². The lowest BCUT2D eigenvalue weighted by Crippen LogP contribution is -2.46. The van der Waals surface area contributed by atoms with Crippen LogP contribution < -0.4 is 20.2 Å². The SMILES string of the molecule is O=C(CNC(=O)C1COc2ccccc2O1)NN=Cc1ccccc1[N+](=O)[O-]. The predicted octanol–water partition coefficient (Wildman–Crippen LogP) is 1.00. The molecule has 0 spiro atoms. The van der Waals surface area contributed by atoms with Gasteiger partial charge in [0.1, 0.15) is 6.61 Å². The minimum Gasteiger partial charge on any atom is -0.485 e. The Morgan fingerprint density at radius 3 is 2.68 bits per heavy atom. The maximum atomic E-state index is 12.1. The van der Waals surface area contributed by atoms with E-state index in [1.54, 1.807) is 30.3 Å². The first-order valence-corrected chi connectivity index (χ1v) is 8.26. The molecular weight excluding hydrogens is 368 g/mol. The molecule has 0 radical (unpaired) electrons. The summed E-state index contributed by atoms with van der Waals surface area (Å²) in [6.45, 7) is -0.311. The summed E-state index contributed by atoms with van der Waals surface area (Å²) in [7, 11) is 0. The Hall–Kier alpha value is -3.95. The summed E-state index contributed by atoms with van der Waals surface area (Å²) in [6.07, 6.45) is 0.283. The Balaban J connectivity index is 1.47. The maximum absolute atomic E-state index is 12.1. The van der Waals surface area contributed by atoms with Gasteiger partial charge >= 0.3 is 0 Å². The molecule has 1 heterocycles. The molecule has 1 aliphatic rings. The highest BCUT2D eigenvalue weighted by molar-refractivity contribution is 5.89. The lowest BCUT2D eigenvalue weighted by atomic mass is 10.2. The van der Waals surface area contributed by atoms with Crippen molar-refractivity contribution in [3.05, 3.63) is 64.2 Å². The van der Waals surface area contributed by atoms with Crippen molar-refractivity contribution in [3.8, 4) is 11.5 Å². The van der Waals surface area contributed by atoms with E-state index in [0.29, 0.717) is 11.5 Å². The number of fused-ring (bicyclic) bond motifs is 1. The average molecular weight is 384 g/mol. The molecule has 0 fully saturated rings. The number of rotatable bonds is 6. The van der Waals surface area contributed by atoms with Gasteiger partial charge in [-0.1, -0.05) is 24.3 Å². The van der Waals surface area contributed by atoms with Crippen LogP contribution in [0.2, 0.25) is 0 Å². The van der Waals surface area contributed by atoms with Gasteiger partial charge in [0.2, 0.25) is 6.10 Å². The van der Waals surface area contributed by atoms with Crippen molar-refractivity contribution in [3.63, 3.8) is 0 Å². The Kier molecular flexibility index (Phi) is 5.80. The number of nitrogens with one attached hydrogen (secondary N) is 2. The lowest BCUT2D eigenvalue weighted by Gasteiger charge is -2.25. The molecule has 10 heteroatoms. The first kappa shape index (κ1) is 18.8. The molecule has 0 aliphatic carbocycles. The van der Waals surface area contributed by atoms with Gasteiger partial charge in [-0.25, -0.2) is 5.43 Å². The Morgan fingerprint density at radius 2 is 1.89 bits per heavy atom. The zero-order valence-electron chi connectivity index (χ0n) is 14.5. The van der Waals surface area contributed by atoms with Crippen molar-refractivity contribution in [1.82, 2.24) is 10.7 Å². The van der Waals surface area contributed by atoms with Crippen LogP contribution in [0.15, 0.2) is 53.6 Å². The highest BCUT2D eigenvalue weighted by Gasteiger charge is 2.27. The van der Waals surface area contributed by atoms with Crippen molar-refractivity contribution < 1.29 is 24.0 Å². The summed E-state index contributed by atoms with van der Waals surface area (Å²) in [6, 6.07) is 12.9. The smallest absolute Gasteiger partial charge is 0.278 e. The van der Waals surface area contributed by atoms with Crippen molar-refractivity contribution in [1.29, 1.82) is 0 Å². The van der Waals surface area contributed by atoms with Gasteiger partial charge in [-0.3, -0.25) is 19.7 Å². The average Bonchev–Trinajstić information content (AvgIpc) is 2.72. The van der Waals surface area contributed by atoms with Crippen LogP contribution in [0.1, 0.15) is 5.56 Å². The molecule has 0 saturated heterocycles. The van der Waals surface area contributed by atoms with E-state index in [9.17, 15) is 19.7 Å². The van der Waals surface area contributed by atoms with Gasteiger partial charge in [-0.2, -0.15) is 5.10 Å². The predicted molar refractivity (Wildman–Crippen MR) is 98.2 cm³/mol. The van der Waals surface area contributed by atoms with Crippen LogP contribution >= 0.6 is 0 Å². The molecule has 1 aliphatic heterocycles. The summed E-state index contributed by atoms with van der Waals surface area (Å²) in [5.41, 5.74) is 2.30. The molecule has 28 heavy (non-hydrogen) atoms. The van der Waals surface area contributed by atoms with Crippen molar-refractivity contribution in [2.75, 3.05) is 13.2 Å². The van der Waals surface area contributed by atoms with Gasteiger partial charge < -0.3 is 14.8 Å². The fourth-order valence-electron chi connectivity index (χ4n) is 2.41. The molecule has 2 N–H and O–H groups in total. The first-order valence-electron chi connectivity index (χ1n) is 8.26. The summed E-state index contributed by atoms with van der Waals surface area (Å²) >= 11 is 0. The minimum absolute atomic E-state index is 0.0281. The third-order valence-electron chi connectivity index (χ3n) is 3.75. The van der Waals surface area contributed by atoms with Gasteiger partial charge in [-0.15, -0.1) is 0 Å². The summed E-state index contributed by atoms with van der Waals surface area (Å²) in [5.74, 6) is -0.103. The molecule has 2 aromatic carbocycles. The number of amides is 2. The van der Waals surface area contributed by atoms with E-state index >= 15 is 0 Å². The fourth-order valence-corrected chi connectivity index (χ4v) is 2.41. The number of benzene rings is 2. The molecule has 1 atom stereocenters. The molecule has 2 amide bonds. The van der Waals surface area contributed by atoms with Crippen LogP contribution in [0, 0.1) is 10.1 Å². The monoisotopic (exact) mass is 384 g/mol. The Bertz CT molecular complexity index is 930. The van der Waals surface area contributed by atoms with Crippen molar-refractivity contribution >= 4 is 23.7 Å². The van der Waals surface area contributed by atoms with E-state index in [2.05, 4.69) is 15.8 Å². The second-order valence-corrected chi connectivity index (χ2v) is 5.69. The summed E-state index contributed by atoms with van der Waals surface area (Å²) in [4.78, 5) is 34.3. The van der Waals surface area contributed by atoms with Crippen LogP contribution in [0.3, 0.4) is 0 Å². The Labute approximate surface area is 159 Å². The topological polar surface area (TPSA) is 132 Å². The standard InChI is InChI=1S/C18H16N4O6/c23-17(21-20-9-12-5-1-2-6-13(12)22(25)26)10-19-18(24)16-11-27-14-7-3-4-8-15(14)28-16/h1-9,16H,10-11H2,(H,19,24)(H,21,23). The largest absolute Gasteiger partial charge is 0.485 e. The summed E-state index contributed by atoms with van der Waals surface area (Å²) < 4.78 is 11.0. The van der Waals surface area contributed by atoms with Gasteiger partial charge in [0.05, 0.1) is 23.2 Å². The minimum atomic E-state index is -0.877. The molecule has 0 bridgehead atoms. The van der Waals surface area contributed by atoms with Crippen LogP contribution in [0.25, 0.3) is 0 Å². The zero-order valence-corrected chi connectivity index (χ0v) is 14.5. The third-order valence-corrected chi connectivity index (χ3v) is 3.75. The molecule has 0 aromatic heterocycles. The number of para-hydroxylation sites is 3. The number of nitro groups is 1.